The minimum absolute atomic E-state index is 0.172. The van der Waals surface area contributed by atoms with Gasteiger partial charge in [-0.1, -0.05) is 57.6 Å². The van der Waals surface area contributed by atoms with E-state index in [0.717, 1.165) is 12.8 Å². The molecule has 1 aliphatic heterocycles. The van der Waals surface area contributed by atoms with E-state index >= 15 is 0 Å². The highest BCUT2D eigenvalue weighted by Crippen LogP contribution is 2.21. The van der Waals surface area contributed by atoms with E-state index in [1.165, 1.54) is 37.0 Å². The Balaban J connectivity index is 1.40. The summed E-state index contributed by atoms with van der Waals surface area (Å²) in [6.45, 7) is 3.93. The van der Waals surface area contributed by atoms with E-state index in [0.29, 0.717) is 37.4 Å². The lowest BCUT2D eigenvalue weighted by atomic mass is 10.1. The van der Waals surface area contributed by atoms with Crippen molar-refractivity contribution in [1.29, 1.82) is 0 Å². The third-order valence-electron chi connectivity index (χ3n) is 5.18. The third-order valence-corrected chi connectivity index (χ3v) is 5.18. The predicted molar refractivity (Wildman–Crippen MR) is 117 cm³/mol. The molecular weight excluding hydrogens is 398 g/mol. The summed E-state index contributed by atoms with van der Waals surface area (Å²) in [4.78, 5) is 37.3. The van der Waals surface area contributed by atoms with Crippen molar-refractivity contribution in [3.05, 3.63) is 35.4 Å². The maximum absolute atomic E-state index is 12.2. The molecule has 0 unspecified atom stereocenters. The summed E-state index contributed by atoms with van der Waals surface area (Å²) in [6.07, 6.45) is 8.68. The van der Waals surface area contributed by atoms with Crippen molar-refractivity contribution < 1.29 is 28.6 Å². The molecule has 1 aliphatic rings. The van der Waals surface area contributed by atoms with Crippen LogP contribution in [-0.4, -0.2) is 62.3 Å². The highest BCUT2D eigenvalue weighted by Gasteiger charge is 2.34. The highest BCUT2D eigenvalue weighted by atomic mass is 16.6. The molecule has 7 nitrogen and oxygen atoms in total. The molecule has 0 spiro atoms. The maximum Gasteiger partial charge on any atom is 0.305 e. The monoisotopic (exact) mass is 433 g/mol. The first-order valence-corrected chi connectivity index (χ1v) is 11.4. The second kappa shape index (κ2) is 14.7. The lowest BCUT2D eigenvalue weighted by Crippen LogP contribution is -2.33. The van der Waals surface area contributed by atoms with E-state index in [4.69, 9.17) is 14.2 Å². The third kappa shape index (κ3) is 8.79. The van der Waals surface area contributed by atoms with Gasteiger partial charge in [-0.25, -0.2) is 0 Å². The number of rotatable bonds is 17. The molecule has 0 atom stereocenters. The van der Waals surface area contributed by atoms with Gasteiger partial charge in [-0.2, -0.15) is 0 Å². The number of amides is 2. The molecule has 0 saturated heterocycles. The first-order chi connectivity index (χ1) is 15.1. The van der Waals surface area contributed by atoms with Crippen molar-refractivity contribution in [2.24, 2.45) is 0 Å². The first kappa shape index (κ1) is 25.0. The lowest BCUT2D eigenvalue weighted by molar-refractivity contribution is -0.145. The van der Waals surface area contributed by atoms with Crippen LogP contribution in [0, 0.1) is 0 Å². The summed E-state index contributed by atoms with van der Waals surface area (Å²) in [7, 11) is 0. The summed E-state index contributed by atoms with van der Waals surface area (Å²) in [5, 5.41) is 0. The molecule has 0 N–H and O–H groups in total. The van der Waals surface area contributed by atoms with Gasteiger partial charge in [-0.15, -0.1) is 0 Å². The largest absolute Gasteiger partial charge is 0.463 e. The zero-order valence-corrected chi connectivity index (χ0v) is 18.6. The fourth-order valence-corrected chi connectivity index (χ4v) is 3.43. The van der Waals surface area contributed by atoms with Gasteiger partial charge in [0, 0.05) is 6.42 Å². The Kier molecular flexibility index (Phi) is 11.9. The smallest absolute Gasteiger partial charge is 0.305 e. The van der Waals surface area contributed by atoms with Crippen LogP contribution in [0.25, 0.3) is 0 Å². The second-order valence-corrected chi connectivity index (χ2v) is 7.62. The average molecular weight is 434 g/mol. The molecule has 0 radical (unpaired) electrons. The molecule has 0 aromatic heterocycles. The van der Waals surface area contributed by atoms with Gasteiger partial charge in [0.15, 0.2) is 0 Å². The van der Waals surface area contributed by atoms with Gasteiger partial charge in [-0.3, -0.25) is 19.3 Å². The van der Waals surface area contributed by atoms with Crippen LogP contribution < -0.4 is 0 Å². The quantitative estimate of drug-likeness (QED) is 0.210. The molecule has 31 heavy (non-hydrogen) atoms. The van der Waals surface area contributed by atoms with Gasteiger partial charge >= 0.3 is 5.97 Å². The Hall–Kier alpha value is -2.25. The number of hydrogen-bond acceptors (Lipinski definition) is 6. The Morgan fingerprint density at radius 2 is 1.32 bits per heavy atom. The number of carbonyl (C=O) groups excluding carboxylic acids is 3. The van der Waals surface area contributed by atoms with Crippen LogP contribution in [0.3, 0.4) is 0 Å². The molecule has 1 aromatic carbocycles. The Morgan fingerprint density at radius 1 is 0.774 bits per heavy atom. The maximum atomic E-state index is 12.2. The lowest BCUT2D eigenvalue weighted by Gasteiger charge is -2.13. The second-order valence-electron chi connectivity index (χ2n) is 7.62. The van der Waals surface area contributed by atoms with E-state index in [2.05, 4.69) is 6.92 Å². The summed E-state index contributed by atoms with van der Waals surface area (Å²) in [6, 6.07) is 6.81. The van der Waals surface area contributed by atoms with Crippen LogP contribution in [0.5, 0.6) is 0 Å². The zero-order chi connectivity index (χ0) is 22.3. The van der Waals surface area contributed by atoms with Crippen LogP contribution in [0.4, 0.5) is 0 Å². The van der Waals surface area contributed by atoms with Crippen molar-refractivity contribution in [2.45, 2.75) is 58.3 Å². The van der Waals surface area contributed by atoms with Crippen molar-refractivity contribution in [3.8, 4) is 0 Å². The van der Waals surface area contributed by atoms with E-state index in [1.807, 2.05) is 0 Å². The van der Waals surface area contributed by atoms with Crippen molar-refractivity contribution in [3.63, 3.8) is 0 Å². The number of hydrogen-bond donors (Lipinski definition) is 0. The van der Waals surface area contributed by atoms with Gasteiger partial charge in [0.2, 0.25) is 0 Å². The van der Waals surface area contributed by atoms with E-state index in [9.17, 15) is 14.4 Å². The van der Waals surface area contributed by atoms with Crippen LogP contribution >= 0.6 is 0 Å². The minimum atomic E-state index is -0.279. The molecule has 2 amide bonds. The number of unbranched alkanes of at least 4 members (excludes halogenated alkanes) is 6. The number of benzene rings is 1. The van der Waals surface area contributed by atoms with Gasteiger partial charge in [0.25, 0.3) is 11.8 Å². The van der Waals surface area contributed by atoms with Crippen LogP contribution in [0.15, 0.2) is 24.3 Å². The number of carbonyl (C=O) groups is 3. The summed E-state index contributed by atoms with van der Waals surface area (Å²) >= 11 is 0. The fourth-order valence-electron chi connectivity index (χ4n) is 3.43. The normalized spacial score (nSPS) is 13.0. The summed E-state index contributed by atoms with van der Waals surface area (Å²) in [5.74, 6) is -0.730. The number of imide groups is 1. The number of fused-ring (bicyclic) bond motifs is 1. The van der Waals surface area contributed by atoms with Gasteiger partial charge < -0.3 is 14.2 Å². The molecule has 7 heteroatoms. The number of esters is 1. The predicted octanol–water partition coefficient (Wildman–Crippen LogP) is 4.00. The molecule has 0 aliphatic carbocycles. The standard InChI is InChI=1S/C24H35NO6/c1-2-3-4-5-6-7-8-13-22(26)31-19-18-30-17-16-29-15-14-25-23(27)20-11-9-10-12-21(20)24(25)28/h9-12H,2-8,13-19H2,1H3. The number of ether oxygens (including phenoxy) is 3. The number of nitrogens with zero attached hydrogens (tertiary/aromatic N) is 1. The van der Waals surface area contributed by atoms with Crippen molar-refractivity contribution in [2.75, 3.05) is 39.6 Å². The van der Waals surface area contributed by atoms with Crippen LogP contribution in [-0.2, 0) is 19.0 Å². The topological polar surface area (TPSA) is 82.1 Å². The Bertz CT molecular complexity index is 670. The average Bonchev–Trinajstić information content (AvgIpc) is 3.02. The van der Waals surface area contributed by atoms with Crippen molar-refractivity contribution in [1.82, 2.24) is 4.90 Å². The molecule has 1 heterocycles. The van der Waals surface area contributed by atoms with Gasteiger partial charge in [-0.05, 0) is 18.6 Å². The molecule has 2 rings (SSSR count). The van der Waals surface area contributed by atoms with Gasteiger partial charge in [0.05, 0.1) is 44.1 Å². The summed E-state index contributed by atoms with van der Waals surface area (Å²) < 4.78 is 16.0. The first-order valence-electron chi connectivity index (χ1n) is 11.4. The molecule has 1 aromatic rings. The zero-order valence-electron chi connectivity index (χ0n) is 18.6. The van der Waals surface area contributed by atoms with Crippen LogP contribution in [0.2, 0.25) is 0 Å². The fraction of sp³-hybridized carbons (Fsp3) is 0.625. The molecule has 0 fully saturated rings. The van der Waals surface area contributed by atoms with E-state index < -0.39 is 0 Å². The van der Waals surface area contributed by atoms with E-state index in [1.54, 1.807) is 24.3 Å². The molecule has 172 valence electrons. The summed E-state index contributed by atoms with van der Waals surface area (Å²) in [5.41, 5.74) is 0.884. The molecule has 0 saturated carbocycles. The Morgan fingerprint density at radius 3 is 1.97 bits per heavy atom. The minimum Gasteiger partial charge on any atom is -0.463 e. The van der Waals surface area contributed by atoms with E-state index in [-0.39, 0.29) is 37.5 Å². The SMILES string of the molecule is CCCCCCCCCC(=O)OCCOCCOCCN1C(=O)c2ccccc2C1=O. The Labute approximate surface area is 185 Å². The highest BCUT2D eigenvalue weighted by molar-refractivity contribution is 6.21. The van der Waals surface area contributed by atoms with Crippen LogP contribution in [0.1, 0.15) is 79.0 Å². The molecule has 0 bridgehead atoms. The van der Waals surface area contributed by atoms with Crippen molar-refractivity contribution >= 4 is 17.8 Å². The molecular formula is C24H35NO6. The van der Waals surface area contributed by atoms with Gasteiger partial charge in [0.1, 0.15) is 6.61 Å².